The summed E-state index contributed by atoms with van der Waals surface area (Å²) in [4.78, 5) is 11.8. The molecule has 2 heteroatoms. The van der Waals surface area contributed by atoms with E-state index in [0.29, 0.717) is 5.92 Å². The zero-order valence-corrected chi connectivity index (χ0v) is 9.47. The molecule has 2 bridgehead atoms. The Labute approximate surface area is 86.2 Å². The summed E-state index contributed by atoms with van der Waals surface area (Å²) in [5.41, 5.74) is 5.65. The van der Waals surface area contributed by atoms with Gasteiger partial charge in [-0.3, -0.25) is 4.79 Å². The smallest absolute Gasteiger partial charge is 0.224 e. The Morgan fingerprint density at radius 2 is 2.07 bits per heavy atom. The van der Waals surface area contributed by atoms with Crippen molar-refractivity contribution < 1.29 is 4.79 Å². The molecule has 2 saturated carbocycles. The van der Waals surface area contributed by atoms with Gasteiger partial charge in [0.1, 0.15) is 0 Å². The van der Waals surface area contributed by atoms with Crippen LogP contribution in [0.2, 0.25) is 0 Å². The fourth-order valence-electron chi connectivity index (χ4n) is 4.26. The second kappa shape index (κ2) is 2.74. The molecule has 3 atom stereocenters. The van der Waals surface area contributed by atoms with E-state index in [9.17, 15) is 4.79 Å². The first-order valence-electron chi connectivity index (χ1n) is 5.72. The highest BCUT2D eigenvalue weighted by atomic mass is 16.1. The van der Waals surface area contributed by atoms with Gasteiger partial charge in [-0.2, -0.15) is 0 Å². The van der Waals surface area contributed by atoms with Crippen molar-refractivity contribution in [3.63, 3.8) is 0 Å². The summed E-state index contributed by atoms with van der Waals surface area (Å²) in [6.45, 7) is 6.57. The summed E-state index contributed by atoms with van der Waals surface area (Å²) < 4.78 is 0. The summed E-state index contributed by atoms with van der Waals surface area (Å²) in [7, 11) is 0. The van der Waals surface area contributed by atoms with Gasteiger partial charge in [-0.1, -0.05) is 20.8 Å². The molecular formula is C12H21NO. The topological polar surface area (TPSA) is 43.1 Å². The lowest BCUT2D eigenvalue weighted by Crippen LogP contribution is -2.50. The monoisotopic (exact) mass is 195 g/mol. The van der Waals surface area contributed by atoms with E-state index in [1.54, 1.807) is 0 Å². The van der Waals surface area contributed by atoms with Crippen molar-refractivity contribution in [2.45, 2.75) is 46.5 Å². The van der Waals surface area contributed by atoms with E-state index < -0.39 is 0 Å². The summed E-state index contributed by atoms with van der Waals surface area (Å²) in [5, 5.41) is 0. The Morgan fingerprint density at radius 3 is 2.29 bits per heavy atom. The molecule has 0 saturated heterocycles. The number of nitrogens with two attached hydrogens (primary N) is 1. The van der Waals surface area contributed by atoms with E-state index in [2.05, 4.69) is 20.8 Å². The van der Waals surface area contributed by atoms with Crippen LogP contribution in [0.3, 0.4) is 0 Å². The quantitative estimate of drug-likeness (QED) is 0.722. The average molecular weight is 195 g/mol. The Hall–Kier alpha value is -0.530. The predicted molar refractivity (Wildman–Crippen MR) is 56.5 cm³/mol. The molecule has 0 radical (unpaired) electrons. The van der Waals surface area contributed by atoms with Crippen molar-refractivity contribution in [3.8, 4) is 0 Å². The number of primary amides is 1. The minimum Gasteiger partial charge on any atom is -0.369 e. The van der Waals surface area contributed by atoms with Gasteiger partial charge in [-0.15, -0.1) is 0 Å². The predicted octanol–water partition coefficient (Wildman–Crippen LogP) is 2.32. The maximum Gasteiger partial charge on any atom is 0.224 e. The highest BCUT2D eigenvalue weighted by Crippen LogP contribution is 2.66. The molecule has 0 spiro atoms. The van der Waals surface area contributed by atoms with Crippen LogP contribution in [-0.4, -0.2) is 5.91 Å². The summed E-state index contributed by atoms with van der Waals surface area (Å²) >= 11 is 0. The third-order valence-corrected chi connectivity index (χ3v) is 4.96. The number of hydrogen-bond donors (Lipinski definition) is 1. The molecular weight excluding hydrogens is 174 g/mol. The van der Waals surface area contributed by atoms with Crippen LogP contribution in [-0.2, 0) is 4.79 Å². The van der Waals surface area contributed by atoms with Crippen LogP contribution in [0.5, 0.6) is 0 Å². The molecule has 2 N–H and O–H groups in total. The van der Waals surface area contributed by atoms with E-state index >= 15 is 0 Å². The van der Waals surface area contributed by atoms with Gasteiger partial charge in [0.2, 0.25) is 5.91 Å². The normalized spacial score (nSPS) is 46.1. The molecule has 0 heterocycles. The number of carbonyl (C=O) groups excluding carboxylic acids is 1. The molecule has 1 amide bonds. The van der Waals surface area contributed by atoms with Crippen LogP contribution >= 0.6 is 0 Å². The maximum atomic E-state index is 11.8. The SMILES string of the molecule is CC(C)C1(C(N)=O)CC2CCC1(C)C2. The van der Waals surface area contributed by atoms with Crippen LogP contribution < -0.4 is 5.73 Å². The summed E-state index contributed by atoms with van der Waals surface area (Å²) in [6.07, 6.45) is 4.75. The molecule has 0 aromatic carbocycles. The Bertz CT molecular complexity index is 273. The number of amides is 1. The number of carbonyl (C=O) groups is 1. The fourth-order valence-corrected chi connectivity index (χ4v) is 4.26. The zero-order chi connectivity index (χ0) is 10.6. The van der Waals surface area contributed by atoms with E-state index in [1.807, 2.05) is 0 Å². The van der Waals surface area contributed by atoms with Gasteiger partial charge < -0.3 is 5.73 Å². The molecule has 0 aromatic rings. The maximum absolute atomic E-state index is 11.8. The molecule has 2 rings (SSSR count). The zero-order valence-electron chi connectivity index (χ0n) is 9.47. The Kier molecular flexibility index (Phi) is 1.96. The third-order valence-electron chi connectivity index (χ3n) is 4.96. The Morgan fingerprint density at radius 1 is 1.43 bits per heavy atom. The van der Waals surface area contributed by atoms with Crippen LogP contribution in [0.1, 0.15) is 46.5 Å². The van der Waals surface area contributed by atoms with Gasteiger partial charge in [-0.05, 0) is 42.9 Å². The van der Waals surface area contributed by atoms with E-state index in [-0.39, 0.29) is 16.7 Å². The van der Waals surface area contributed by atoms with Gasteiger partial charge in [0, 0.05) is 0 Å². The van der Waals surface area contributed by atoms with Gasteiger partial charge in [0.25, 0.3) is 0 Å². The number of hydrogen-bond acceptors (Lipinski definition) is 1. The van der Waals surface area contributed by atoms with Crippen molar-refractivity contribution in [3.05, 3.63) is 0 Å². The first-order valence-corrected chi connectivity index (χ1v) is 5.72. The van der Waals surface area contributed by atoms with Crippen LogP contribution in [0, 0.1) is 22.7 Å². The molecule has 0 aliphatic heterocycles. The first kappa shape index (κ1) is 10.0. The Balaban J connectivity index is 2.43. The second-order valence-corrected chi connectivity index (χ2v) is 5.86. The highest BCUT2D eigenvalue weighted by Gasteiger charge is 2.63. The van der Waals surface area contributed by atoms with Crippen molar-refractivity contribution in [2.24, 2.45) is 28.4 Å². The van der Waals surface area contributed by atoms with E-state index in [1.165, 1.54) is 19.3 Å². The van der Waals surface area contributed by atoms with E-state index in [4.69, 9.17) is 5.73 Å². The van der Waals surface area contributed by atoms with Gasteiger partial charge in [0.05, 0.1) is 5.41 Å². The van der Waals surface area contributed by atoms with Crippen molar-refractivity contribution in [2.75, 3.05) is 0 Å². The fraction of sp³-hybridized carbons (Fsp3) is 0.917. The van der Waals surface area contributed by atoms with Crippen molar-refractivity contribution in [1.82, 2.24) is 0 Å². The second-order valence-electron chi connectivity index (χ2n) is 5.86. The van der Waals surface area contributed by atoms with Crippen LogP contribution in [0.4, 0.5) is 0 Å². The first-order chi connectivity index (χ1) is 6.42. The molecule has 3 unspecified atom stereocenters. The minimum atomic E-state index is -0.212. The number of fused-ring (bicyclic) bond motifs is 2. The molecule has 80 valence electrons. The van der Waals surface area contributed by atoms with Gasteiger partial charge in [-0.25, -0.2) is 0 Å². The van der Waals surface area contributed by atoms with Gasteiger partial charge in [0.15, 0.2) is 0 Å². The lowest BCUT2D eigenvalue weighted by molar-refractivity contribution is -0.139. The molecule has 14 heavy (non-hydrogen) atoms. The number of rotatable bonds is 2. The molecule has 2 aliphatic carbocycles. The molecule has 0 aromatic heterocycles. The van der Waals surface area contributed by atoms with Crippen LogP contribution in [0.25, 0.3) is 0 Å². The lowest BCUT2D eigenvalue weighted by Gasteiger charge is -2.45. The summed E-state index contributed by atoms with van der Waals surface area (Å²) in [5.74, 6) is 1.09. The lowest BCUT2D eigenvalue weighted by atomic mass is 9.58. The molecule has 2 aliphatic rings. The summed E-state index contributed by atoms with van der Waals surface area (Å²) in [6, 6.07) is 0. The average Bonchev–Trinajstić information content (AvgIpc) is 2.56. The molecule has 2 fully saturated rings. The van der Waals surface area contributed by atoms with Crippen LogP contribution in [0.15, 0.2) is 0 Å². The van der Waals surface area contributed by atoms with Crippen molar-refractivity contribution in [1.29, 1.82) is 0 Å². The largest absolute Gasteiger partial charge is 0.369 e. The highest BCUT2D eigenvalue weighted by molar-refractivity contribution is 5.82. The third kappa shape index (κ3) is 0.945. The minimum absolute atomic E-state index is 0.0581. The van der Waals surface area contributed by atoms with E-state index in [0.717, 1.165) is 12.3 Å². The van der Waals surface area contributed by atoms with Crippen molar-refractivity contribution >= 4 is 5.91 Å². The molecule has 2 nitrogen and oxygen atoms in total. The van der Waals surface area contributed by atoms with Gasteiger partial charge >= 0.3 is 0 Å². The standard InChI is InChI=1S/C12H21NO/c1-8(2)12(10(13)14)7-9-4-5-11(12,3)6-9/h8-9H,4-7H2,1-3H3,(H2,13,14).